The summed E-state index contributed by atoms with van der Waals surface area (Å²) in [5.41, 5.74) is 2.63. The van der Waals surface area contributed by atoms with E-state index < -0.39 is 0 Å². The van der Waals surface area contributed by atoms with E-state index in [9.17, 15) is 0 Å². The summed E-state index contributed by atoms with van der Waals surface area (Å²) in [4.78, 5) is 6.52. The summed E-state index contributed by atoms with van der Waals surface area (Å²) in [6.07, 6.45) is 4.96. The Balaban J connectivity index is 1.45. The summed E-state index contributed by atoms with van der Waals surface area (Å²) in [5.74, 6) is 0.732. The third-order valence-corrected chi connectivity index (χ3v) is 4.52. The Bertz CT molecular complexity index is 556. The van der Waals surface area contributed by atoms with Gasteiger partial charge in [0.25, 0.3) is 0 Å². The van der Waals surface area contributed by atoms with Crippen LogP contribution < -0.4 is 10.2 Å². The van der Waals surface area contributed by atoms with Crippen molar-refractivity contribution in [3.8, 4) is 0 Å². The monoisotopic (exact) mass is 345 g/mol. The van der Waals surface area contributed by atoms with Crippen LogP contribution in [0.4, 0.5) is 5.69 Å². The van der Waals surface area contributed by atoms with Crippen molar-refractivity contribution in [1.82, 2.24) is 10.3 Å². The predicted molar refractivity (Wildman–Crippen MR) is 90.4 cm³/mol. The van der Waals surface area contributed by atoms with Crippen LogP contribution in [0.25, 0.3) is 0 Å². The lowest BCUT2D eigenvalue weighted by Gasteiger charge is -2.19. The van der Waals surface area contributed by atoms with E-state index in [1.54, 1.807) is 0 Å². The molecular formula is C17H20BrN3. The molecule has 4 heteroatoms. The van der Waals surface area contributed by atoms with Gasteiger partial charge in [0.05, 0.1) is 0 Å². The summed E-state index contributed by atoms with van der Waals surface area (Å²) < 4.78 is 1.14. The van der Waals surface area contributed by atoms with Crippen molar-refractivity contribution in [1.29, 1.82) is 0 Å². The molecule has 2 heterocycles. The molecule has 0 bridgehead atoms. The van der Waals surface area contributed by atoms with E-state index in [4.69, 9.17) is 0 Å². The fraction of sp³-hybridized carbons (Fsp3) is 0.353. The van der Waals surface area contributed by atoms with Crippen molar-refractivity contribution < 1.29 is 0 Å². The number of nitrogens with zero attached hydrogens (tertiary/aromatic N) is 2. The molecule has 3 nitrogen and oxygen atoms in total. The normalized spacial score (nSPS) is 18.1. The topological polar surface area (TPSA) is 28.2 Å². The van der Waals surface area contributed by atoms with Crippen LogP contribution in [0.2, 0.25) is 0 Å². The van der Waals surface area contributed by atoms with Gasteiger partial charge in [0.1, 0.15) is 0 Å². The molecule has 1 atom stereocenters. The van der Waals surface area contributed by atoms with E-state index in [2.05, 4.69) is 67.5 Å². The zero-order chi connectivity index (χ0) is 14.5. The zero-order valence-electron chi connectivity index (χ0n) is 12.0. The van der Waals surface area contributed by atoms with Gasteiger partial charge in [-0.15, -0.1) is 0 Å². The van der Waals surface area contributed by atoms with Crippen LogP contribution >= 0.6 is 15.9 Å². The minimum Gasteiger partial charge on any atom is -0.371 e. The van der Waals surface area contributed by atoms with Crippen molar-refractivity contribution >= 4 is 21.6 Å². The van der Waals surface area contributed by atoms with Crippen molar-refractivity contribution in [3.05, 3.63) is 58.8 Å². The van der Waals surface area contributed by atoms with E-state index in [1.165, 1.54) is 17.7 Å². The van der Waals surface area contributed by atoms with E-state index in [1.807, 2.05) is 12.4 Å². The SMILES string of the molecule is Brc1ccc(N2CCC(CNCc3ccncc3)C2)cc1. The first-order valence-corrected chi connectivity index (χ1v) is 8.21. The van der Waals surface area contributed by atoms with Gasteiger partial charge in [0.15, 0.2) is 0 Å². The molecular weight excluding hydrogens is 326 g/mol. The quantitative estimate of drug-likeness (QED) is 0.899. The average Bonchev–Trinajstić information content (AvgIpc) is 2.98. The number of benzene rings is 1. The van der Waals surface area contributed by atoms with Crippen LogP contribution in [-0.4, -0.2) is 24.6 Å². The lowest BCUT2D eigenvalue weighted by molar-refractivity contribution is 0.516. The van der Waals surface area contributed by atoms with Crippen LogP contribution in [0.1, 0.15) is 12.0 Å². The van der Waals surface area contributed by atoms with E-state index >= 15 is 0 Å². The first-order chi connectivity index (χ1) is 10.3. The Hall–Kier alpha value is -1.39. The maximum absolute atomic E-state index is 4.04. The standard InChI is InChI=1S/C17H20BrN3/c18-16-1-3-17(4-2-16)21-10-7-15(13-21)12-20-11-14-5-8-19-9-6-14/h1-6,8-9,15,20H,7,10-13H2. The second-order valence-electron chi connectivity index (χ2n) is 5.56. The Morgan fingerprint density at radius 2 is 1.90 bits per heavy atom. The summed E-state index contributed by atoms with van der Waals surface area (Å²) in [5, 5.41) is 3.56. The molecule has 0 saturated carbocycles. The molecule has 2 aromatic rings. The third kappa shape index (κ3) is 4.05. The van der Waals surface area contributed by atoms with Crippen LogP contribution in [0.5, 0.6) is 0 Å². The lowest BCUT2D eigenvalue weighted by atomic mass is 10.1. The first-order valence-electron chi connectivity index (χ1n) is 7.41. The summed E-state index contributed by atoms with van der Waals surface area (Å²) >= 11 is 3.49. The average molecular weight is 346 g/mol. The Kier molecular flexibility index (Phi) is 4.88. The van der Waals surface area contributed by atoms with Crippen molar-refractivity contribution in [2.45, 2.75) is 13.0 Å². The Labute approximate surface area is 134 Å². The molecule has 0 spiro atoms. The van der Waals surface area contributed by atoms with Gasteiger partial charge in [-0.25, -0.2) is 0 Å². The molecule has 1 saturated heterocycles. The number of rotatable bonds is 5. The highest BCUT2D eigenvalue weighted by molar-refractivity contribution is 9.10. The molecule has 1 aromatic carbocycles. The summed E-state index contributed by atoms with van der Waals surface area (Å²) in [7, 11) is 0. The van der Waals surface area contributed by atoms with Gasteiger partial charge in [-0.3, -0.25) is 4.98 Å². The highest BCUT2D eigenvalue weighted by Crippen LogP contribution is 2.24. The highest BCUT2D eigenvalue weighted by atomic mass is 79.9. The molecule has 21 heavy (non-hydrogen) atoms. The number of nitrogens with one attached hydrogen (secondary N) is 1. The van der Waals surface area contributed by atoms with Gasteiger partial charge in [0.2, 0.25) is 0 Å². The molecule has 3 rings (SSSR count). The van der Waals surface area contributed by atoms with Crippen molar-refractivity contribution in [2.75, 3.05) is 24.5 Å². The van der Waals surface area contributed by atoms with Crippen molar-refractivity contribution in [2.24, 2.45) is 5.92 Å². The van der Waals surface area contributed by atoms with Gasteiger partial charge in [0, 0.05) is 48.7 Å². The second-order valence-corrected chi connectivity index (χ2v) is 6.48. The predicted octanol–water partition coefficient (Wildman–Crippen LogP) is 3.46. The molecule has 1 fully saturated rings. The van der Waals surface area contributed by atoms with Crippen molar-refractivity contribution in [3.63, 3.8) is 0 Å². The number of aromatic nitrogens is 1. The van der Waals surface area contributed by atoms with Gasteiger partial charge in [-0.2, -0.15) is 0 Å². The maximum atomic E-state index is 4.04. The van der Waals surface area contributed by atoms with Crippen LogP contribution in [0.3, 0.4) is 0 Å². The number of halogens is 1. The van der Waals surface area contributed by atoms with Crippen LogP contribution in [0, 0.1) is 5.92 Å². The van der Waals surface area contributed by atoms with E-state index in [0.717, 1.165) is 36.6 Å². The third-order valence-electron chi connectivity index (χ3n) is 3.99. The smallest absolute Gasteiger partial charge is 0.0367 e. The largest absolute Gasteiger partial charge is 0.371 e. The molecule has 1 aromatic heterocycles. The minimum absolute atomic E-state index is 0.732. The van der Waals surface area contributed by atoms with E-state index in [0.29, 0.717) is 0 Å². The fourth-order valence-electron chi connectivity index (χ4n) is 2.81. The number of pyridine rings is 1. The molecule has 1 aliphatic rings. The van der Waals surface area contributed by atoms with Crippen LogP contribution in [0.15, 0.2) is 53.3 Å². The molecule has 0 amide bonds. The van der Waals surface area contributed by atoms with Gasteiger partial charge in [-0.1, -0.05) is 15.9 Å². The highest BCUT2D eigenvalue weighted by Gasteiger charge is 2.22. The lowest BCUT2D eigenvalue weighted by Crippen LogP contribution is -2.26. The first kappa shape index (κ1) is 14.5. The molecule has 0 aliphatic carbocycles. The van der Waals surface area contributed by atoms with Gasteiger partial charge in [-0.05, 0) is 54.3 Å². The number of anilines is 1. The number of hydrogen-bond donors (Lipinski definition) is 1. The summed E-state index contributed by atoms with van der Waals surface area (Å²) in [6, 6.07) is 12.7. The minimum atomic E-state index is 0.732. The maximum Gasteiger partial charge on any atom is 0.0367 e. The molecule has 1 N–H and O–H groups in total. The summed E-state index contributed by atoms with van der Waals surface area (Å²) in [6.45, 7) is 4.31. The second kappa shape index (κ2) is 7.05. The van der Waals surface area contributed by atoms with E-state index in [-0.39, 0.29) is 0 Å². The molecule has 1 aliphatic heterocycles. The molecule has 1 unspecified atom stereocenters. The Morgan fingerprint density at radius 1 is 1.14 bits per heavy atom. The molecule has 0 radical (unpaired) electrons. The number of hydrogen-bond acceptors (Lipinski definition) is 3. The Morgan fingerprint density at radius 3 is 2.67 bits per heavy atom. The zero-order valence-corrected chi connectivity index (χ0v) is 13.6. The molecule has 110 valence electrons. The fourth-order valence-corrected chi connectivity index (χ4v) is 3.07. The van der Waals surface area contributed by atoms with Crippen LogP contribution in [-0.2, 0) is 6.54 Å². The van der Waals surface area contributed by atoms with Gasteiger partial charge >= 0.3 is 0 Å². The van der Waals surface area contributed by atoms with Gasteiger partial charge < -0.3 is 10.2 Å².